The summed E-state index contributed by atoms with van der Waals surface area (Å²) in [5, 5.41) is 0. The first-order valence-electron chi connectivity index (χ1n) is 24.6. The van der Waals surface area contributed by atoms with Crippen LogP contribution >= 0.6 is 0 Å². The predicted molar refractivity (Wildman–Crippen MR) is 256 cm³/mol. The number of rotatable bonds is 43. The quantitative estimate of drug-likeness (QED) is 0.0200. The molecule has 0 aliphatic carbocycles. The maximum absolute atomic E-state index is 12.8. The Labute approximate surface area is 369 Å². The van der Waals surface area contributed by atoms with Gasteiger partial charge >= 0.3 is 17.9 Å². The molecule has 60 heavy (non-hydrogen) atoms. The average molecular weight is 835 g/mol. The zero-order valence-electron chi connectivity index (χ0n) is 38.9. The number of unbranched alkanes of at least 4 members (excludes halogenated alkanes) is 21. The lowest BCUT2D eigenvalue weighted by Crippen LogP contribution is -2.30. The fraction of sp³-hybridized carbons (Fsp3) is 0.685. The summed E-state index contributed by atoms with van der Waals surface area (Å²) < 4.78 is 16.7. The van der Waals surface area contributed by atoms with E-state index >= 15 is 0 Å². The van der Waals surface area contributed by atoms with E-state index in [0.717, 1.165) is 103 Å². The molecule has 0 N–H and O–H groups in total. The van der Waals surface area contributed by atoms with Crippen LogP contribution in [0.5, 0.6) is 0 Å². The number of hydrogen-bond donors (Lipinski definition) is 0. The van der Waals surface area contributed by atoms with Crippen molar-refractivity contribution >= 4 is 17.9 Å². The smallest absolute Gasteiger partial charge is 0.306 e. The zero-order chi connectivity index (χ0) is 43.7. The Bertz CT molecular complexity index is 1190. The molecule has 0 amide bonds. The van der Waals surface area contributed by atoms with Crippen molar-refractivity contribution in [2.45, 2.75) is 226 Å². The molecule has 0 rings (SSSR count). The summed E-state index contributed by atoms with van der Waals surface area (Å²) in [7, 11) is 0. The van der Waals surface area contributed by atoms with Gasteiger partial charge in [0.25, 0.3) is 0 Å². The van der Waals surface area contributed by atoms with Gasteiger partial charge in [-0.05, 0) is 70.6 Å². The normalized spacial score (nSPS) is 12.8. The maximum Gasteiger partial charge on any atom is 0.306 e. The third-order valence-electron chi connectivity index (χ3n) is 10.2. The highest BCUT2D eigenvalue weighted by atomic mass is 16.6. The van der Waals surface area contributed by atoms with Crippen LogP contribution in [0.3, 0.4) is 0 Å². The lowest BCUT2D eigenvalue weighted by molar-refractivity contribution is -0.167. The molecule has 0 radical (unpaired) electrons. The molecule has 0 bridgehead atoms. The zero-order valence-corrected chi connectivity index (χ0v) is 38.9. The minimum atomic E-state index is -0.799. The van der Waals surface area contributed by atoms with Gasteiger partial charge in [0.1, 0.15) is 13.2 Å². The Hall–Kier alpha value is -3.41. The van der Waals surface area contributed by atoms with Gasteiger partial charge in [-0.2, -0.15) is 0 Å². The first-order chi connectivity index (χ1) is 29.5. The van der Waals surface area contributed by atoms with Gasteiger partial charge < -0.3 is 14.2 Å². The second-order valence-electron chi connectivity index (χ2n) is 16.1. The van der Waals surface area contributed by atoms with Gasteiger partial charge in [-0.15, -0.1) is 0 Å². The first kappa shape index (κ1) is 56.6. The Balaban J connectivity index is 4.46. The van der Waals surface area contributed by atoms with E-state index < -0.39 is 6.10 Å². The summed E-state index contributed by atoms with van der Waals surface area (Å²) in [6, 6.07) is 0. The SMILES string of the molecule is CC\C=C/C=C\C=C/C=C\CCCCCCCC(=O)OCC(COC(=O)CCCC/C=C\C/C=C\C/C=C\CC)OC(=O)CCCCCCCCCCCCCCCCC. The molecule has 0 aromatic carbocycles. The number of hydrogen-bond acceptors (Lipinski definition) is 6. The second kappa shape index (κ2) is 48.3. The highest BCUT2D eigenvalue weighted by molar-refractivity contribution is 5.71. The van der Waals surface area contributed by atoms with E-state index in [1.807, 2.05) is 18.2 Å². The second-order valence-corrected chi connectivity index (χ2v) is 16.1. The van der Waals surface area contributed by atoms with Crippen LogP contribution in [0.1, 0.15) is 220 Å². The van der Waals surface area contributed by atoms with Crippen LogP contribution in [0.4, 0.5) is 0 Å². The van der Waals surface area contributed by atoms with Gasteiger partial charge in [0.15, 0.2) is 6.10 Å². The van der Waals surface area contributed by atoms with Gasteiger partial charge in [-0.1, -0.05) is 215 Å². The molecule has 0 saturated carbocycles. The van der Waals surface area contributed by atoms with Gasteiger partial charge in [0.2, 0.25) is 0 Å². The summed E-state index contributed by atoms with van der Waals surface area (Å²) in [5.41, 5.74) is 0. The predicted octanol–water partition coefficient (Wildman–Crippen LogP) is 16.0. The number of ether oxygens (including phenoxy) is 3. The van der Waals surface area contributed by atoms with E-state index in [1.54, 1.807) is 0 Å². The summed E-state index contributed by atoms with van der Waals surface area (Å²) in [6.07, 6.45) is 61.4. The number of carbonyl (C=O) groups is 3. The minimum Gasteiger partial charge on any atom is -0.462 e. The molecule has 0 aromatic heterocycles. The highest BCUT2D eigenvalue weighted by Crippen LogP contribution is 2.15. The Kier molecular flexibility index (Phi) is 45.5. The topological polar surface area (TPSA) is 78.9 Å². The van der Waals surface area contributed by atoms with Crippen LogP contribution in [0.25, 0.3) is 0 Å². The molecular weight excluding hydrogens is 745 g/mol. The molecule has 6 heteroatoms. The Morgan fingerprint density at radius 3 is 1.25 bits per heavy atom. The van der Waals surface area contributed by atoms with Crippen molar-refractivity contribution in [1.82, 2.24) is 0 Å². The standard InChI is InChI=1S/C54H90O6/c1-4-7-10-13-16-19-22-25-27-29-32-35-38-41-44-47-53(56)59-50-51(49-58-52(55)46-43-40-37-34-31-24-21-18-15-12-9-6-3)60-54(57)48-45-42-39-36-33-30-28-26-23-20-17-14-11-8-5-2/h7,9-10,12-13,16,18-19,21-22,25,27,31,34,51H,4-6,8,11,14-15,17,20,23-24,26,28-30,32-33,35-50H2,1-3H3/b10-7-,12-9-,16-13-,21-18-,22-19-,27-25-,34-31-. The summed E-state index contributed by atoms with van der Waals surface area (Å²) in [6.45, 7) is 6.32. The van der Waals surface area contributed by atoms with Gasteiger partial charge in [-0.25, -0.2) is 0 Å². The molecule has 1 atom stereocenters. The molecule has 0 spiro atoms. The summed E-state index contributed by atoms with van der Waals surface area (Å²) >= 11 is 0. The highest BCUT2D eigenvalue weighted by Gasteiger charge is 2.19. The van der Waals surface area contributed by atoms with Crippen molar-refractivity contribution in [1.29, 1.82) is 0 Å². The Morgan fingerprint density at radius 1 is 0.367 bits per heavy atom. The molecule has 342 valence electrons. The number of allylic oxidation sites excluding steroid dienone is 14. The van der Waals surface area contributed by atoms with Gasteiger partial charge in [-0.3, -0.25) is 14.4 Å². The largest absolute Gasteiger partial charge is 0.462 e. The lowest BCUT2D eigenvalue weighted by atomic mass is 10.0. The molecule has 0 saturated heterocycles. The fourth-order valence-corrected chi connectivity index (χ4v) is 6.58. The molecule has 0 heterocycles. The van der Waals surface area contributed by atoms with Crippen LogP contribution in [-0.4, -0.2) is 37.2 Å². The van der Waals surface area contributed by atoms with Crippen molar-refractivity contribution in [3.05, 3.63) is 85.1 Å². The Morgan fingerprint density at radius 2 is 0.733 bits per heavy atom. The average Bonchev–Trinajstić information content (AvgIpc) is 3.24. The molecule has 0 aromatic rings. The van der Waals surface area contributed by atoms with Crippen LogP contribution in [0, 0.1) is 0 Å². The molecule has 0 fully saturated rings. The van der Waals surface area contributed by atoms with E-state index in [4.69, 9.17) is 14.2 Å². The molecule has 6 nitrogen and oxygen atoms in total. The third-order valence-corrected chi connectivity index (χ3v) is 10.2. The van der Waals surface area contributed by atoms with Crippen molar-refractivity contribution in [3.8, 4) is 0 Å². The third kappa shape index (κ3) is 45.7. The number of carbonyl (C=O) groups excluding carboxylic acids is 3. The first-order valence-corrected chi connectivity index (χ1v) is 24.6. The van der Waals surface area contributed by atoms with E-state index in [1.165, 1.54) is 77.0 Å². The van der Waals surface area contributed by atoms with E-state index in [2.05, 4.69) is 87.6 Å². The summed E-state index contributed by atoms with van der Waals surface area (Å²) in [4.78, 5) is 37.9. The van der Waals surface area contributed by atoms with Crippen LogP contribution in [-0.2, 0) is 28.6 Å². The molecule has 1 unspecified atom stereocenters. The lowest BCUT2D eigenvalue weighted by Gasteiger charge is -2.18. The van der Waals surface area contributed by atoms with Crippen LogP contribution in [0.15, 0.2) is 85.1 Å². The van der Waals surface area contributed by atoms with Crippen LogP contribution in [0.2, 0.25) is 0 Å². The minimum absolute atomic E-state index is 0.100. The fourth-order valence-electron chi connectivity index (χ4n) is 6.58. The van der Waals surface area contributed by atoms with E-state index in [-0.39, 0.29) is 31.1 Å². The van der Waals surface area contributed by atoms with Crippen molar-refractivity contribution in [3.63, 3.8) is 0 Å². The van der Waals surface area contributed by atoms with Gasteiger partial charge in [0, 0.05) is 19.3 Å². The maximum atomic E-state index is 12.8. The molecule has 0 aliphatic rings. The summed E-state index contributed by atoms with van der Waals surface area (Å²) in [5.74, 6) is -0.963. The number of esters is 3. The van der Waals surface area contributed by atoms with E-state index in [9.17, 15) is 14.4 Å². The van der Waals surface area contributed by atoms with Gasteiger partial charge in [0.05, 0.1) is 0 Å². The van der Waals surface area contributed by atoms with Crippen molar-refractivity contribution in [2.24, 2.45) is 0 Å². The van der Waals surface area contributed by atoms with E-state index in [0.29, 0.717) is 19.3 Å². The molecular formula is C54H90O6. The molecule has 0 aliphatic heterocycles. The van der Waals surface area contributed by atoms with Crippen molar-refractivity contribution in [2.75, 3.05) is 13.2 Å². The monoisotopic (exact) mass is 835 g/mol. The van der Waals surface area contributed by atoms with Crippen LogP contribution < -0.4 is 0 Å². The van der Waals surface area contributed by atoms with Crippen molar-refractivity contribution < 1.29 is 28.6 Å².